The fraction of sp³-hybridized carbons (Fsp3) is 0.300. The van der Waals surface area contributed by atoms with Crippen LogP contribution in [0.3, 0.4) is 0 Å². The van der Waals surface area contributed by atoms with Crippen LogP contribution in [0, 0.1) is 29.9 Å². The van der Waals surface area contributed by atoms with Gasteiger partial charge in [0.15, 0.2) is 0 Å². The van der Waals surface area contributed by atoms with E-state index in [0.717, 1.165) is 11.1 Å². The quantitative estimate of drug-likeness (QED) is 0.628. The fourth-order valence-electron chi connectivity index (χ4n) is 3.31. The van der Waals surface area contributed by atoms with Crippen LogP contribution < -0.4 is 10.5 Å². The van der Waals surface area contributed by atoms with E-state index in [2.05, 4.69) is 0 Å². The molecule has 146 valence electrons. The molecule has 8 nitrogen and oxygen atoms in total. The lowest BCUT2D eigenvalue weighted by atomic mass is 10.0. The van der Waals surface area contributed by atoms with E-state index in [9.17, 15) is 19.7 Å². The zero-order valence-corrected chi connectivity index (χ0v) is 15.6. The van der Waals surface area contributed by atoms with Crippen LogP contribution in [0.15, 0.2) is 42.5 Å². The number of ether oxygens (including phenoxy) is 1. The molecule has 0 aliphatic carbocycles. The average Bonchev–Trinajstić information content (AvgIpc) is 3.07. The summed E-state index contributed by atoms with van der Waals surface area (Å²) in [7, 11) is 0. The van der Waals surface area contributed by atoms with Crippen molar-refractivity contribution in [2.24, 2.45) is 11.7 Å². The van der Waals surface area contributed by atoms with Crippen molar-refractivity contribution in [3.63, 3.8) is 0 Å². The summed E-state index contributed by atoms with van der Waals surface area (Å²) in [5.41, 5.74) is 7.77. The van der Waals surface area contributed by atoms with Crippen LogP contribution in [0.2, 0.25) is 0 Å². The molecule has 2 aromatic carbocycles. The number of hydrogen-bond donors (Lipinski definition) is 1. The van der Waals surface area contributed by atoms with Gasteiger partial charge in [0.1, 0.15) is 11.9 Å². The number of primary amides is 1. The smallest absolute Gasteiger partial charge is 0.273 e. The molecule has 2 aromatic rings. The van der Waals surface area contributed by atoms with Crippen LogP contribution >= 0.6 is 0 Å². The second kappa shape index (κ2) is 7.67. The van der Waals surface area contributed by atoms with Gasteiger partial charge in [-0.2, -0.15) is 0 Å². The number of likely N-dealkylation sites (tertiary alicyclic amines) is 1. The first-order chi connectivity index (χ1) is 13.3. The van der Waals surface area contributed by atoms with Gasteiger partial charge in [-0.1, -0.05) is 23.8 Å². The summed E-state index contributed by atoms with van der Waals surface area (Å²) in [4.78, 5) is 36.8. The molecule has 2 amide bonds. The molecule has 1 aliphatic heterocycles. The molecule has 1 heterocycles. The Hall–Kier alpha value is -3.42. The number of nitrogens with zero attached hydrogens (tertiary/aromatic N) is 2. The Labute approximate surface area is 162 Å². The molecule has 0 aromatic heterocycles. The monoisotopic (exact) mass is 383 g/mol. The topological polar surface area (TPSA) is 116 Å². The van der Waals surface area contributed by atoms with Crippen LogP contribution in [0.25, 0.3) is 0 Å². The van der Waals surface area contributed by atoms with Crippen molar-refractivity contribution < 1.29 is 19.2 Å². The van der Waals surface area contributed by atoms with Crippen LogP contribution in [0.5, 0.6) is 5.75 Å². The average molecular weight is 383 g/mol. The molecule has 1 fully saturated rings. The molecule has 0 bridgehead atoms. The maximum Gasteiger partial charge on any atom is 0.273 e. The second-order valence-electron chi connectivity index (χ2n) is 6.95. The Morgan fingerprint density at radius 1 is 1.18 bits per heavy atom. The number of aryl methyl sites for hydroxylation is 2. The third kappa shape index (κ3) is 3.95. The van der Waals surface area contributed by atoms with E-state index in [4.69, 9.17) is 10.5 Å². The molecule has 2 atom stereocenters. The molecule has 2 N–H and O–H groups in total. The molecule has 2 unspecified atom stereocenters. The molecule has 0 radical (unpaired) electrons. The molecule has 3 rings (SSSR count). The molecule has 0 saturated carbocycles. The standard InChI is InChI=1S/C20H21N3O5/c1-12-6-7-13(2)16(8-12)20(25)22-10-17(19(21)24)18(11-22)28-15-5-3-4-14(9-15)23(26)27/h3-9,17-18H,10-11H2,1-2H3,(H2,21,24). The van der Waals surface area contributed by atoms with Crippen LogP contribution in [0.1, 0.15) is 21.5 Å². The summed E-state index contributed by atoms with van der Waals surface area (Å²) in [6, 6.07) is 11.3. The molecule has 8 heteroatoms. The van der Waals surface area contributed by atoms with Gasteiger partial charge < -0.3 is 15.4 Å². The zero-order chi connectivity index (χ0) is 20.4. The van der Waals surface area contributed by atoms with E-state index in [1.165, 1.54) is 18.2 Å². The lowest BCUT2D eigenvalue weighted by molar-refractivity contribution is -0.384. The maximum absolute atomic E-state index is 13.0. The first kappa shape index (κ1) is 19.3. The fourth-order valence-corrected chi connectivity index (χ4v) is 3.31. The highest BCUT2D eigenvalue weighted by atomic mass is 16.6. The number of amides is 2. The van der Waals surface area contributed by atoms with Crippen LogP contribution in [0.4, 0.5) is 5.69 Å². The summed E-state index contributed by atoms with van der Waals surface area (Å²) in [5.74, 6) is -1.22. The van der Waals surface area contributed by atoms with Gasteiger partial charge in [0, 0.05) is 18.2 Å². The predicted octanol–water partition coefficient (Wildman–Crippen LogP) is 2.22. The Kier molecular flexibility index (Phi) is 5.30. The van der Waals surface area contributed by atoms with E-state index in [0.29, 0.717) is 5.56 Å². The van der Waals surface area contributed by atoms with Crippen molar-refractivity contribution >= 4 is 17.5 Å². The van der Waals surface area contributed by atoms with Crippen LogP contribution in [-0.4, -0.2) is 40.8 Å². The summed E-state index contributed by atoms with van der Waals surface area (Å²) in [5, 5.41) is 10.9. The van der Waals surface area contributed by atoms with Crippen molar-refractivity contribution in [1.82, 2.24) is 4.90 Å². The highest BCUT2D eigenvalue weighted by molar-refractivity contribution is 5.96. The van der Waals surface area contributed by atoms with E-state index in [-0.39, 0.29) is 30.4 Å². The van der Waals surface area contributed by atoms with Crippen molar-refractivity contribution in [1.29, 1.82) is 0 Å². The first-order valence-electron chi connectivity index (χ1n) is 8.83. The Bertz CT molecular complexity index is 943. The minimum absolute atomic E-state index is 0.116. The van der Waals surface area contributed by atoms with Gasteiger partial charge in [-0.25, -0.2) is 0 Å². The highest BCUT2D eigenvalue weighted by Crippen LogP contribution is 2.27. The Morgan fingerprint density at radius 3 is 2.61 bits per heavy atom. The molecule has 0 spiro atoms. The lowest BCUT2D eigenvalue weighted by Crippen LogP contribution is -2.35. The molecule has 1 saturated heterocycles. The van der Waals surface area contributed by atoms with E-state index < -0.39 is 22.9 Å². The van der Waals surface area contributed by atoms with E-state index in [1.807, 2.05) is 32.0 Å². The maximum atomic E-state index is 13.0. The van der Waals surface area contributed by atoms with Gasteiger partial charge >= 0.3 is 0 Å². The number of nitro groups is 1. The number of hydrogen-bond acceptors (Lipinski definition) is 5. The highest BCUT2D eigenvalue weighted by Gasteiger charge is 2.40. The van der Waals surface area contributed by atoms with E-state index >= 15 is 0 Å². The van der Waals surface area contributed by atoms with Gasteiger partial charge in [-0.3, -0.25) is 19.7 Å². The third-order valence-electron chi connectivity index (χ3n) is 4.86. The minimum Gasteiger partial charge on any atom is -0.487 e. The van der Waals surface area contributed by atoms with Crippen molar-refractivity contribution in [3.8, 4) is 5.75 Å². The number of carbonyl (C=O) groups is 2. The predicted molar refractivity (Wildman–Crippen MR) is 102 cm³/mol. The largest absolute Gasteiger partial charge is 0.487 e. The van der Waals surface area contributed by atoms with Gasteiger partial charge in [0.25, 0.3) is 11.6 Å². The molecule has 1 aliphatic rings. The first-order valence-corrected chi connectivity index (χ1v) is 8.83. The normalized spacial score (nSPS) is 18.7. The second-order valence-corrected chi connectivity index (χ2v) is 6.95. The summed E-state index contributed by atoms with van der Waals surface area (Å²) in [6.07, 6.45) is -0.673. The van der Waals surface area contributed by atoms with Gasteiger partial charge in [-0.15, -0.1) is 0 Å². The Balaban J connectivity index is 1.82. The van der Waals surface area contributed by atoms with Crippen molar-refractivity contribution in [3.05, 3.63) is 69.3 Å². The zero-order valence-electron chi connectivity index (χ0n) is 15.6. The van der Waals surface area contributed by atoms with Crippen LogP contribution in [-0.2, 0) is 4.79 Å². The number of carbonyl (C=O) groups excluding carboxylic acids is 2. The van der Waals surface area contributed by atoms with Crippen molar-refractivity contribution in [2.75, 3.05) is 13.1 Å². The van der Waals surface area contributed by atoms with Gasteiger partial charge in [-0.05, 0) is 31.5 Å². The number of benzene rings is 2. The van der Waals surface area contributed by atoms with E-state index in [1.54, 1.807) is 11.0 Å². The molecular formula is C20H21N3O5. The molecular weight excluding hydrogens is 362 g/mol. The number of nitrogens with two attached hydrogens (primary N) is 1. The minimum atomic E-state index is -0.701. The number of rotatable bonds is 5. The Morgan fingerprint density at radius 2 is 1.93 bits per heavy atom. The van der Waals surface area contributed by atoms with Gasteiger partial charge in [0.05, 0.1) is 23.5 Å². The number of nitro benzene ring substituents is 1. The third-order valence-corrected chi connectivity index (χ3v) is 4.86. The van der Waals surface area contributed by atoms with Gasteiger partial charge in [0.2, 0.25) is 5.91 Å². The SMILES string of the molecule is Cc1ccc(C)c(C(=O)N2CC(Oc3cccc([N+](=O)[O-])c3)C(C(N)=O)C2)c1. The molecule has 28 heavy (non-hydrogen) atoms. The summed E-state index contributed by atoms with van der Waals surface area (Å²) >= 11 is 0. The van der Waals surface area contributed by atoms with Crippen molar-refractivity contribution in [2.45, 2.75) is 20.0 Å². The summed E-state index contributed by atoms with van der Waals surface area (Å²) < 4.78 is 5.81. The lowest BCUT2D eigenvalue weighted by Gasteiger charge is -2.18. The number of non-ortho nitro benzene ring substituents is 1. The summed E-state index contributed by atoms with van der Waals surface area (Å²) in [6.45, 7) is 4.07.